The van der Waals surface area contributed by atoms with E-state index in [2.05, 4.69) is 57.3 Å². The van der Waals surface area contributed by atoms with Crippen molar-refractivity contribution < 1.29 is 0 Å². The lowest BCUT2D eigenvalue weighted by atomic mass is 10.1. The summed E-state index contributed by atoms with van der Waals surface area (Å²) in [6.07, 6.45) is 0. The molecule has 2 aromatic heterocycles. The number of aromatic nitrogens is 2. The number of hydrogen-bond acceptors (Lipinski definition) is 2. The van der Waals surface area contributed by atoms with Gasteiger partial charge < -0.3 is 4.98 Å². The molecule has 3 aromatic rings. The van der Waals surface area contributed by atoms with Crippen LogP contribution in [0.1, 0.15) is 11.1 Å². The van der Waals surface area contributed by atoms with Crippen molar-refractivity contribution in [1.29, 1.82) is 0 Å². The van der Waals surface area contributed by atoms with Gasteiger partial charge in [0.05, 0.1) is 15.9 Å². The molecule has 2 heterocycles. The quantitative estimate of drug-likeness (QED) is 0.695. The van der Waals surface area contributed by atoms with Crippen LogP contribution in [-0.4, -0.2) is 9.97 Å². The molecule has 0 aliphatic carbocycles. The van der Waals surface area contributed by atoms with Crippen molar-refractivity contribution in [3.8, 4) is 10.7 Å². The molecule has 0 fully saturated rings. The summed E-state index contributed by atoms with van der Waals surface area (Å²) in [4.78, 5) is 9.17. The van der Waals surface area contributed by atoms with Gasteiger partial charge in [-0.25, -0.2) is 4.98 Å². The van der Waals surface area contributed by atoms with E-state index >= 15 is 0 Å². The number of nitrogens with zero attached hydrogens (tertiary/aromatic N) is 1. The van der Waals surface area contributed by atoms with E-state index < -0.39 is 0 Å². The molecule has 0 saturated carbocycles. The van der Waals surface area contributed by atoms with Crippen LogP contribution in [0.15, 0.2) is 28.1 Å². The fourth-order valence-corrected chi connectivity index (χ4v) is 3.34. The number of imidazole rings is 1. The van der Waals surface area contributed by atoms with Gasteiger partial charge in [-0.05, 0) is 64.5 Å². The first-order valence-electron chi connectivity index (χ1n) is 5.35. The zero-order chi connectivity index (χ0) is 12.0. The van der Waals surface area contributed by atoms with Crippen molar-refractivity contribution >= 4 is 38.3 Å². The van der Waals surface area contributed by atoms with Gasteiger partial charge in [-0.2, -0.15) is 0 Å². The lowest BCUT2D eigenvalue weighted by Crippen LogP contribution is -1.79. The van der Waals surface area contributed by atoms with Gasteiger partial charge in [0.1, 0.15) is 5.82 Å². The number of hydrogen-bond donors (Lipinski definition) is 1. The monoisotopic (exact) mass is 306 g/mol. The summed E-state index contributed by atoms with van der Waals surface area (Å²) in [5.41, 5.74) is 4.70. The number of H-pyrrole nitrogens is 1. The van der Waals surface area contributed by atoms with Gasteiger partial charge in [0.25, 0.3) is 0 Å². The zero-order valence-corrected chi connectivity index (χ0v) is 11.9. The van der Waals surface area contributed by atoms with Crippen LogP contribution < -0.4 is 0 Å². The molecular weight excluding hydrogens is 296 g/mol. The standard InChI is InChI=1S/C13H11BrN2S/c1-7-5-10-11(6-8(7)2)16-13(15-10)12-9(14)3-4-17-12/h3-6H,1-2H3,(H,15,16). The lowest BCUT2D eigenvalue weighted by Gasteiger charge is -1.97. The first-order chi connectivity index (χ1) is 8.15. The predicted molar refractivity (Wildman–Crippen MR) is 76.6 cm³/mol. The third-order valence-electron chi connectivity index (χ3n) is 2.93. The number of fused-ring (bicyclic) bond motifs is 1. The molecule has 0 unspecified atom stereocenters. The Bertz CT molecular complexity index is 658. The number of aryl methyl sites for hydroxylation is 2. The van der Waals surface area contributed by atoms with E-state index in [1.807, 2.05) is 6.07 Å². The fraction of sp³-hybridized carbons (Fsp3) is 0.154. The first kappa shape index (κ1) is 11.0. The molecule has 4 heteroatoms. The average molecular weight is 307 g/mol. The highest BCUT2D eigenvalue weighted by atomic mass is 79.9. The molecule has 2 nitrogen and oxygen atoms in total. The molecule has 0 bridgehead atoms. The van der Waals surface area contributed by atoms with Crippen molar-refractivity contribution in [2.75, 3.05) is 0 Å². The van der Waals surface area contributed by atoms with E-state index in [0.29, 0.717) is 0 Å². The summed E-state index contributed by atoms with van der Waals surface area (Å²) < 4.78 is 1.09. The average Bonchev–Trinajstić information content (AvgIpc) is 2.85. The Balaban J connectivity index is 2.24. The van der Waals surface area contributed by atoms with Crippen LogP contribution in [0.25, 0.3) is 21.7 Å². The highest BCUT2D eigenvalue weighted by Crippen LogP contribution is 2.33. The van der Waals surface area contributed by atoms with Crippen molar-refractivity contribution in [3.63, 3.8) is 0 Å². The van der Waals surface area contributed by atoms with Crippen molar-refractivity contribution in [2.24, 2.45) is 0 Å². The lowest BCUT2D eigenvalue weighted by molar-refractivity contribution is 1.35. The maximum Gasteiger partial charge on any atom is 0.149 e. The van der Waals surface area contributed by atoms with E-state index in [9.17, 15) is 0 Å². The summed E-state index contributed by atoms with van der Waals surface area (Å²) >= 11 is 5.23. The van der Waals surface area contributed by atoms with Crippen LogP contribution >= 0.6 is 27.3 Å². The zero-order valence-electron chi connectivity index (χ0n) is 9.54. The molecule has 0 spiro atoms. The molecule has 0 aliphatic heterocycles. The topological polar surface area (TPSA) is 28.7 Å². The molecule has 3 rings (SSSR count). The van der Waals surface area contributed by atoms with Crippen molar-refractivity contribution in [3.05, 3.63) is 39.2 Å². The van der Waals surface area contributed by atoms with Crippen LogP contribution in [0.2, 0.25) is 0 Å². The van der Waals surface area contributed by atoms with Crippen molar-refractivity contribution in [2.45, 2.75) is 13.8 Å². The SMILES string of the molecule is Cc1cc2nc(-c3sccc3Br)[nH]c2cc1C. The van der Waals surface area contributed by atoms with Gasteiger partial charge in [0.2, 0.25) is 0 Å². The van der Waals surface area contributed by atoms with Gasteiger partial charge in [-0.3, -0.25) is 0 Å². The first-order valence-corrected chi connectivity index (χ1v) is 7.03. The summed E-state index contributed by atoms with van der Waals surface area (Å²) in [5, 5.41) is 2.06. The Kier molecular flexibility index (Phi) is 2.56. The second-order valence-electron chi connectivity index (χ2n) is 4.14. The van der Waals surface area contributed by atoms with Crippen LogP contribution in [0, 0.1) is 13.8 Å². The minimum atomic E-state index is 0.937. The number of nitrogens with one attached hydrogen (secondary N) is 1. The summed E-state index contributed by atoms with van der Waals surface area (Å²) in [5.74, 6) is 0.937. The van der Waals surface area contributed by atoms with Crippen LogP contribution in [0.3, 0.4) is 0 Å². The molecule has 0 amide bonds. The predicted octanol–water partition coefficient (Wildman–Crippen LogP) is 4.67. The second kappa shape index (κ2) is 3.96. The second-order valence-corrected chi connectivity index (χ2v) is 5.91. The van der Waals surface area contributed by atoms with E-state index in [-0.39, 0.29) is 0 Å². The summed E-state index contributed by atoms with van der Waals surface area (Å²) in [6.45, 7) is 4.24. The highest BCUT2D eigenvalue weighted by Gasteiger charge is 2.10. The smallest absolute Gasteiger partial charge is 0.149 e. The van der Waals surface area contributed by atoms with E-state index in [4.69, 9.17) is 0 Å². The largest absolute Gasteiger partial charge is 0.337 e. The van der Waals surface area contributed by atoms with E-state index in [1.54, 1.807) is 11.3 Å². The normalized spacial score (nSPS) is 11.2. The molecule has 0 atom stereocenters. The third-order valence-corrected chi connectivity index (χ3v) is 4.77. The maximum absolute atomic E-state index is 4.64. The highest BCUT2D eigenvalue weighted by molar-refractivity contribution is 9.10. The van der Waals surface area contributed by atoms with E-state index in [0.717, 1.165) is 26.2 Å². The van der Waals surface area contributed by atoms with E-state index in [1.165, 1.54) is 11.1 Å². The minimum absolute atomic E-state index is 0.937. The van der Waals surface area contributed by atoms with Gasteiger partial charge in [0, 0.05) is 4.47 Å². The summed E-state index contributed by atoms with van der Waals surface area (Å²) in [7, 11) is 0. The number of aromatic amines is 1. The molecule has 1 aromatic carbocycles. The van der Waals surface area contributed by atoms with Gasteiger partial charge in [-0.15, -0.1) is 11.3 Å². The maximum atomic E-state index is 4.64. The molecule has 1 N–H and O–H groups in total. The molecule has 86 valence electrons. The number of rotatable bonds is 1. The Morgan fingerprint density at radius 2 is 2.00 bits per heavy atom. The summed E-state index contributed by atoms with van der Waals surface area (Å²) in [6, 6.07) is 6.33. The third kappa shape index (κ3) is 1.81. The Labute approximate surface area is 112 Å². The molecule has 17 heavy (non-hydrogen) atoms. The number of thiophene rings is 1. The van der Waals surface area contributed by atoms with Gasteiger partial charge in [0.15, 0.2) is 0 Å². The molecular formula is C13H11BrN2S. The molecule has 0 saturated heterocycles. The van der Waals surface area contributed by atoms with Crippen LogP contribution in [0.5, 0.6) is 0 Å². The Hall–Kier alpha value is -1.13. The Morgan fingerprint density at radius 3 is 2.71 bits per heavy atom. The number of benzene rings is 1. The Morgan fingerprint density at radius 1 is 1.24 bits per heavy atom. The van der Waals surface area contributed by atoms with Gasteiger partial charge in [-0.1, -0.05) is 0 Å². The minimum Gasteiger partial charge on any atom is -0.337 e. The number of halogens is 1. The van der Waals surface area contributed by atoms with Crippen LogP contribution in [-0.2, 0) is 0 Å². The van der Waals surface area contributed by atoms with Gasteiger partial charge >= 0.3 is 0 Å². The molecule has 0 aliphatic rings. The van der Waals surface area contributed by atoms with Crippen molar-refractivity contribution in [1.82, 2.24) is 9.97 Å². The van der Waals surface area contributed by atoms with Crippen LogP contribution in [0.4, 0.5) is 0 Å². The molecule has 0 radical (unpaired) electrons. The fourth-order valence-electron chi connectivity index (χ4n) is 1.84.